The number of anilines is 2. The minimum atomic E-state index is -1.17. The maximum Gasteiger partial charge on any atom is 0.331 e. The molecule has 0 spiro atoms. The number of esters is 1. The number of amides is 3. The van der Waals surface area contributed by atoms with Gasteiger partial charge in [-0.2, -0.15) is 0 Å². The smallest absolute Gasteiger partial charge is 0.331 e. The number of ether oxygens (including phenoxy) is 2. The van der Waals surface area contributed by atoms with E-state index >= 15 is 0 Å². The van der Waals surface area contributed by atoms with Crippen molar-refractivity contribution in [2.24, 2.45) is 0 Å². The van der Waals surface area contributed by atoms with Gasteiger partial charge in [-0.15, -0.1) is 0 Å². The molecular weight excluding hydrogens is 544 g/mol. The summed E-state index contributed by atoms with van der Waals surface area (Å²) in [7, 11) is 1.20. The molecular formula is C32H37F2N3O5. The number of carbonyl (C=O) groups excluding carboxylic acids is 3. The van der Waals surface area contributed by atoms with E-state index in [2.05, 4.69) is 16.0 Å². The highest BCUT2D eigenvalue weighted by Gasteiger charge is 2.32. The van der Waals surface area contributed by atoms with E-state index in [9.17, 15) is 23.2 Å². The van der Waals surface area contributed by atoms with Crippen LogP contribution >= 0.6 is 0 Å². The molecule has 0 aliphatic rings. The van der Waals surface area contributed by atoms with Crippen LogP contribution in [0.15, 0.2) is 48.5 Å². The largest absolute Gasteiger partial charge is 0.467 e. The minimum absolute atomic E-state index is 0.0000123. The summed E-state index contributed by atoms with van der Waals surface area (Å²) in [6.07, 6.45) is -0.761. The molecule has 0 heterocycles. The Morgan fingerprint density at radius 1 is 0.833 bits per heavy atom. The van der Waals surface area contributed by atoms with E-state index in [-0.39, 0.29) is 16.8 Å². The lowest BCUT2D eigenvalue weighted by atomic mass is 10.0. The molecule has 2 atom stereocenters. The Morgan fingerprint density at radius 3 is 1.98 bits per heavy atom. The second-order valence-electron chi connectivity index (χ2n) is 11.2. The fourth-order valence-electron chi connectivity index (χ4n) is 4.73. The number of benzene rings is 3. The van der Waals surface area contributed by atoms with Crippen molar-refractivity contribution in [1.82, 2.24) is 5.32 Å². The average molecular weight is 582 g/mol. The second-order valence-corrected chi connectivity index (χ2v) is 11.2. The van der Waals surface area contributed by atoms with Crippen LogP contribution in [0.4, 0.5) is 25.0 Å². The molecule has 0 aliphatic heterocycles. The van der Waals surface area contributed by atoms with Crippen LogP contribution in [0.1, 0.15) is 54.7 Å². The lowest BCUT2D eigenvalue weighted by Crippen LogP contribution is -2.51. The predicted octanol–water partition coefficient (Wildman–Crippen LogP) is 6.68. The molecule has 224 valence electrons. The summed E-state index contributed by atoms with van der Waals surface area (Å²) >= 11 is 0. The van der Waals surface area contributed by atoms with Crippen LogP contribution in [0.25, 0.3) is 11.1 Å². The zero-order valence-electron chi connectivity index (χ0n) is 25.1. The van der Waals surface area contributed by atoms with Crippen LogP contribution < -0.4 is 16.0 Å². The zero-order chi connectivity index (χ0) is 31.4. The van der Waals surface area contributed by atoms with Crippen molar-refractivity contribution in [2.75, 3.05) is 17.7 Å². The maximum absolute atomic E-state index is 14.0. The fraction of sp³-hybridized carbons (Fsp3) is 0.344. The monoisotopic (exact) mass is 581 g/mol. The van der Waals surface area contributed by atoms with Gasteiger partial charge < -0.3 is 25.4 Å². The van der Waals surface area contributed by atoms with Gasteiger partial charge in [0.15, 0.2) is 6.04 Å². The Labute approximate surface area is 244 Å². The Hall–Kier alpha value is -4.31. The highest BCUT2D eigenvalue weighted by Crippen LogP contribution is 2.29. The van der Waals surface area contributed by atoms with Crippen LogP contribution in [-0.4, -0.2) is 42.8 Å². The van der Waals surface area contributed by atoms with Crippen LogP contribution in [0.5, 0.6) is 0 Å². The summed E-state index contributed by atoms with van der Waals surface area (Å²) in [6.45, 7) is 12.7. The molecule has 0 fully saturated rings. The first-order chi connectivity index (χ1) is 19.6. The molecule has 0 aromatic heterocycles. The van der Waals surface area contributed by atoms with E-state index in [1.807, 2.05) is 53.7 Å². The van der Waals surface area contributed by atoms with Crippen molar-refractivity contribution in [3.05, 3.63) is 82.4 Å². The van der Waals surface area contributed by atoms with Gasteiger partial charge in [0, 0.05) is 11.8 Å². The number of nitrogens with one attached hydrogen (secondary N) is 3. The topological polar surface area (TPSA) is 106 Å². The van der Waals surface area contributed by atoms with Crippen molar-refractivity contribution in [3.8, 4) is 11.1 Å². The number of urea groups is 1. The number of methoxy groups -OCH3 is 1. The van der Waals surface area contributed by atoms with Crippen LogP contribution in [-0.2, 0) is 14.3 Å². The molecule has 0 bridgehead atoms. The molecule has 3 amide bonds. The molecule has 3 N–H and O–H groups in total. The van der Waals surface area contributed by atoms with E-state index in [4.69, 9.17) is 9.47 Å². The Balaban J connectivity index is 2.01. The summed E-state index contributed by atoms with van der Waals surface area (Å²) in [5.74, 6) is -2.98. The number of rotatable bonds is 8. The number of hydrogen-bond donors (Lipinski definition) is 3. The number of hydrogen-bond acceptors (Lipinski definition) is 5. The van der Waals surface area contributed by atoms with Gasteiger partial charge in [0.05, 0.1) is 30.1 Å². The van der Waals surface area contributed by atoms with Crippen molar-refractivity contribution in [3.63, 3.8) is 0 Å². The SMILES string of the molecule is COC(=O)[C@@H](NC(=O)c1ccc(-c2cc(F)cc(F)c2)cc1NC(=O)Nc1c(C)cc(C)cc1C)C(C)OC(C)(C)C. The average Bonchev–Trinajstić information content (AvgIpc) is 2.87. The number of carbonyl (C=O) groups is 3. The van der Waals surface area contributed by atoms with Gasteiger partial charge in [-0.25, -0.2) is 18.4 Å². The van der Waals surface area contributed by atoms with E-state index in [1.165, 1.54) is 25.3 Å². The number of aryl methyl sites for hydroxylation is 3. The molecule has 10 heteroatoms. The second kappa shape index (κ2) is 13.1. The first-order valence-corrected chi connectivity index (χ1v) is 13.4. The Morgan fingerprint density at radius 2 is 1.43 bits per heavy atom. The first-order valence-electron chi connectivity index (χ1n) is 13.4. The van der Waals surface area contributed by atoms with E-state index in [0.29, 0.717) is 11.3 Å². The molecule has 42 heavy (non-hydrogen) atoms. The summed E-state index contributed by atoms with van der Waals surface area (Å²) in [6, 6.07) is 9.38. The van der Waals surface area contributed by atoms with Gasteiger partial charge in [-0.3, -0.25) is 4.79 Å². The van der Waals surface area contributed by atoms with E-state index < -0.39 is 47.3 Å². The quantitative estimate of drug-likeness (QED) is 0.258. The zero-order valence-corrected chi connectivity index (χ0v) is 25.1. The predicted molar refractivity (Wildman–Crippen MR) is 159 cm³/mol. The van der Waals surface area contributed by atoms with Crippen molar-refractivity contribution in [2.45, 2.75) is 66.2 Å². The van der Waals surface area contributed by atoms with Crippen LogP contribution in [0.3, 0.4) is 0 Å². The lowest BCUT2D eigenvalue weighted by Gasteiger charge is -2.30. The van der Waals surface area contributed by atoms with Crippen LogP contribution in [0.2, 0.25) is 0 Å². The molecule has 0 saturated carbocycles. The highest BCUT2D eigenvalue weighted by molar-refractivity contribution is 6.08. The van der Waals surface area contributed by atoms with Crippen LogP contribution in [0, 0.1) is 32.4 Å². The standard InChI is InChI=1S/C32H37F2N3O5/c1-17-11-18(2)27(19(3)12-17)37-31(40)35-26-15-21(22-13-23(33)16-24(34)14-22)9-10-25(26)29(38)36-28(30(39)41-8)20(4)42-32(5,6)7/h9-16,20,28H,1-8H3,(H,36,38)(H2,35,37,40)/t20?,28-/m0/s1. The molecule has 0 radical (unpaired) electrons. The van der Waals surface area contributed by atoms with Crippen molar-refractivity contribution in [1.29, 1.82) is 0 Å². The highest BCUT2D eigenvalue weighted by atomic mass is 19.1. The first kappa shape index (κ1) is 32.2. The molecule has 3 rings (SSSR count). The van der Waals surface area contributed by atoms with Crippen molar-refractivity contribution >= 4 is 29.3 Å². The Bertz CT molecular complexity index is 1460. The Kier molecular flexibility index (Phi) is 10.1. The molecule has 3 aromatic rings. The summed E-state index contributed by atoms with van der Waals surface area (Å²) in [4.78, 5) is 39.3. The number of halogens is 2. The normalized spacial score (nSPS) is 12.7. The van der Waals surface area contributed by atoms with Gasteiger partial charge >= 0.3 is 12.0 Å². The summed E-state index contributed by atoms with van der Waals surface area (Å²) < 4.78 is 38.7. The third-order valence-corrected chi connectivity index (χ3v) is 6.37. The van der Waals surface area contributed by atoms with Crippen molar-refractivity contribution < 1.29 is 32.6 Å². The third-order valence-electron chi connectivity index (χ3n) is 6.37. The van der Waals surface area contributed by atoms with Gasteiger partial charge in [0.1, 0.15) is 11.6 Å². The molecule has 8 nitrogen and oxygen atoms in total. The molecule has 3 aromatic carbocycles. The lowest BCUT2D eigenvalue weighted by molar-refractivity contribution is -0.150. The van der Waals surface area contributed by atoms with Gasteiger partial charge in [0.2, 0.25) is 0 Å². The van der Waals surface area contributed by atoms with E-state index in [1.54, 1.807) is 6.92 Å². The summed E-state index contributed by atoms with van der Waals surface area (Å²) in [5, 5.41) is 8.14. The molecule has 1 unspecified atom stereocenters. The van der Waals surface area contributed by atoms with Gasteiger partial charge in [0.25, 0.3) is 5.91 Å². The molecule has 0 aliphatic carbocycles. The third kappa shape index (κ3) is 8.36. The van der Waals surface area contributed by atoms with E-state index in [0.717, 1.165) is 34.9 Å². The minimum Gasteiger partial charge on any atom is -0.467 e. The fourth-order valence-corrected chi connectivity index (χ4v) is 4.73. The van der Waals surface area contributed by atoms with Gasteiger partial charge in [-0.1, -0.05) is 23.8 Å². The molecule has 0 saturated heterocycles. The van der Waals surface area contributed by atoms with Gasteiger partial charge in [-0.05, 0) is 95.0 Å². The maximum atomic E-state index is 14.0. The summed E-state index contributed by atoms with van der Waals surface area (Å²) in [5.41, 5.74) is 3.31.